The molecule has 21 heavy (non-hydrogen) atoms. The molecule has 2 heterocycles. The average molecular weight is 310 g/mol. The molecule has 1 aliphatic rings. The van der Waals surface area contributed by atoms with Gasteiger partial charge in [-0.15, -0.1) is 5.10 Å². The van der Waals surface area contributed by atoms with Gasteiger partial charge in [0.2, 0.25) is 5.89 Å². The second-order valence-electron chi connectivity index (χ2n) is 4.71. The van der Waals surface area contributed by atoms with E-state index in [9.17, 15) is 10.2 Å². The van der Waals surface area contributed by atoms with E-state index in [4.69, 9.17) is 26.5 Å². The summed E-state index contributed by atoms with van der Waals surface area (Å²) in [4.78, 5) is 0.0173. The number of benzene rings is 1. The number of aromatic nitrogens is 2. The number of rotatable bonds is 3. The number of ether oxygens (including phenoxy) is 1. The Kier molecular flexibility index (Phi) is 3.87. The van der Waals surface area contributed by atoms with E-state index in [1.165, 1.54) is 4.68 Å². The minimum absolute atomic E-state index is 0.0173. The first kappa shape index (κ1) is 14.4. The minimum Gasteiger partial charge on any atom is -0.409 e. The molecule has 0 amide bonds. The largest absolute Gasteiger partial charge is 0.409 e. The van der Waals surface area contributed by atoms with Crippen molar-refractivity contribution in [3.8, 4) is 11.5 Å². The van der Waals surface area contributed by atoms with Crippen LogP contribution in [0.3, 0.4) is 0 Å². The van der Waals surface area contributed by atoms with Crippen molar-refractivity contribution in [2.45, 2.75) is 24.5 Å². The second-order valence-corrected chi connectivity index (χ2v) is 5.06. The van der Waals surface area contributed by atoms with Gasteiger partial charge in [-0.3, -0.25) is 0 Å². The minimum atomic E-state index is -1.25. The van der Waals surface area contributed by atoms with Crippen LogP contribution in [0.15, 0.2) is 34.7 Å². The highest BCUT2D eigenvalue weighted by Gasteiger charge is 2.44. The third-order valence-electron chi connectivity index (χ3n) is 3.35. The van der Waals surface area contributed by atoms with Crippen molar-refractivity contribution in [3.63, 3.8) is 0 Å². The summed E-state index contributed by atoms with van der Waals surface area (Å²) in [5, 5.41) is 33.0. The van der Waals surface area contributed by atoms with Crippen molar-refractivity contribution < 1.29 is 24.5 Å². The van der Waals surface area contributed by atoms with E-state index in [0.29, 0.717) is 5.89 Å². The third-order valence-corrected chi connectivity index (χ3v) is 3.62. The van der Waals surface area contributed by atoms with E-state index >= 15 is 0 Å². The van der Waals surface area contributed by atoms with Gasteiger partial charge in [0.05, 0.1) is 6.61 Å². The van der Waals surface area contributed by atoms with Gasteiger partial charge in [0.25, 0.3) is 4.84 Å². The highest BCUT2D eigenvalue weighted by atomic mass is 32.1. The number of aliphatic hydroxyl groups is 3. The molecule has 4 atom stereocenters. The Bertz CT molecular complexity index is 671. The maximum Gasteiger partial charge on any atom is 0.289 e. The van der Waals surface area contributed by atoms with E-state index in [2.05, 4.69) is 5.10 Å². The molecular formula is C13H14N2O5S. The molecule has 7 nitrogen and oxygen atoms in total. The molecule has 0 aliphatic carbocycles. The molecule has 3 rings (SSSR count). The van der Waals surface area contributed by atoms with Gasteiger partial charge >= 0.3 is 0 Å². The molecular weight excluding hydrogens is 296 g/mol. The maximum absolute atomic E-state index is 9.98. The topological polar surface area (TPSA) is 101 Å². The summed E-state index contributed by atoms with van der Waals surface area (Å²) in [7, 11) is 0. The van der Waals surface area contributed by atoms with E-state index in [1.54, 1.807) is 0 Å². The molecule has 1 aromatic carbocycles. The highest BCUT2D eigenvalue weighted by molar-refractivity contribution is 7.71. The SMILES string of the molecule is OC[C@@H]1O[C@H](n2nc(-c3ccccc3)oc2=S)[C@H](O)[C@@H]1O. The summed E-state index contributed by atoms with van der Waals surface area (Å²) in [6, 6.07) is 9.14. The lowest BCUT2D eigenvalue weighted by Gasteiger charge is -2.13. The quantitative estimate of drug-likeness (QED) is 0.709. The number of nitrogens with zero attached hydrogens (tertiary/aromatic N) is 2. The Morgan fingerprint density at radius 2 is 1.90 bits per heavy atom. The van der Waals surface area contributed by atoms with Gasteiger partial charge in [0.15, 0.2) is 6.23 Å². The van der Waals surface area contributed by atoms with Crippen LogP contribution >= 0.6 is 12.2 Å². The Morgan fingerprint density at radius 3 is 2.52 bits per heavy atom. The molecule has 0 saturated carbocycles. The smallest absolute Gasteiger partial charge is 0.289 e. The molecule has 1 saturated heterocycles. The zero-order valence-corrected chi connectivity index (χ0v) is 11.7. The number of hydrogen-bond donors (Lipinski definition) is 3. The normalized spacial score (nSPS) is 28.9. The van der Waals surface area contributed by atoms with Crippen molar-refractivity contribution in [2.24, 2.45) is 0 Å². The summed E-state index contributed by atoms with van der Waals surface area (Å²) in [6.45, 7) is -0.411. The Morgan fingerprint density at radius 1 is 1.19 bits per heavy atom. The van der Waals surface area contributed by atoms with Crippen LogP contribution in [0.2, 0.25) is 0 Å². The molecule has 2 aromatic rings. The van der Waals surface area contributed by atoms with Crippen LogP contribution in [0, 0.1) is 4.84 Å². The summed E-state index contributed by atoms with van der Waals surface area (Å²) < 4.78 is 12.0. The second kappa shape index (κ2) is 5.66. The fourth-order valence-electron chi connectivity index (χ4n) is 2.23. The summed E-state index contributed by atoms with van der Waals surface area (Å²) in [6.07, 6.45) is -4.34. The van der Waals surface area contributed by atoms with Gasteiger partial charge in [0.1, 0.15) is 18.3 Å². The number of aliphatic hydroxyl groups excluding tert-OH is 3. The molecule has 0 radical (unpaired) electrons. The van der Waals surface area contributed by atoms with Gasteiger partial charge in [-0.1, -0.05) is 18.2 Å². The van der Waals surface area contributed by atoms with Gasteiger partial charge in [-0.05, 0) is 24.4 Å². The Hall–Kier alpha value is -1.58. The molecule has 3 N–H and O–H groups in total. The van der Waals surface area contributed by atoms with Gasteiger partial charge in [0, 0.05) is 5.56 Å². The molecule has 8 heteroatoms. The molecule has 0 spiro atoms. The molecule has 1 fully saturated rings. The van der Waals surface area contributed by atoms with Crippen LogP contribution in [0.4, 0.5) is 0 Å². The monoisotopic (exact) mass is 310 g/mol. The van der Waals surface area contributed by atoms with Crippen LogP contribution in [0.25, 0.3) is 11.5 Å². The first-order valence-corrected chi connectivity index (χ1v) is 6.80. The summed E-state index contributed by atoms with van der Waals surface area (Å²) >= 11 is 5.07. The van der Waals surface area contributed by atoms with Crippen LogP contribution in [-0.4, -0.2) is 50.0 Å². The lowest BCUT2D eigenvalue weighted by atomic mass is 10.1. The fourth-order valence-corrected chi connectivity index (χ4v) is 2.45. The van der Waals surface area contributed by atoms with Gasteiger partial charge in [-0.25, -0.2) is 0 Å². The van der Waals surface area contributed by atoms with E-state index in [-0.39, 0.29) is 4.84 Å². The van der Waals surface area contributed by atoms with Crippen LogP contribution < -0.4 is 0 Å². The fraction of sp³-hybridized carbons (Fsp3) is 0.385. The lowest BCUT2D eigenvalue weighted by molar-refractivity contribution is -0.0602. The molecule has 0 bridgehead atoms. The zero-order valence-electron chi connectivity index (χ0n) is 10.9. The standard InChI is InChI=1S/C13H14N2O5S/c16-6-8-9(17)10(18)12(19-8)15-13(21)20-11(14-15)7-4-2-1-3-5-7/h1-5,8-10,12,16-18H,6H2/t8-,9+,10+,12-/m0/s1. The number of hydrogen-bond acceptors (Lipinski definition) is 7. The van der Waals surface area contributed by atoms with Crippen LogP contribution in [-0.2, 0) is 4.74 Å². The Labute approximate surface area is 125 Å². The van der Waals surface area contributed by atoms with Crippen molar-refractivity contribution in [2.75, 3.05) is 6.61 Å². The predicted molar refractivity (Wildman–Crippen MR) is 73.8 cm³/mol. The van der Waals surface area contributed by atoms with E-state index in [1.807, 2.05) is 30.3 Å². The van der Waals surface area contributed by atoms with Crippen LogP contribution in [0.5, 0.6) is 0 Å². The molecule has 0 unspecified atom stereocenters. The first-order chi connectivity index (χ1) is 10.1. The van der Waals surface area contributed by atoms with Crippen molar-refractivity contribution in [1.29, 1.82) is 0 Å². The summed E-state index contributed by atoms with van der Waals surface area (Å²) in [5.74, 6) is 0.290. The van der Waals surface area contributed by atoms with Crippen LogP contribution in [0.1, 0.15) is 6.23 Å². The average Bonchev–Trinajstić information content (AvgIpc) is 3.02. The van der Waals surface area contributed by atoms with Gasteiger partial charge < -0.3 is 24.5 Å². The third kappa shape index (κ3) is 2.52. The van der Waals surface area contributed by atoms with E-state index in [0.717, 1.165) is 5.56 Å². The predicted octanol–water partition coefficient (Wildman–Crippen LogP) is 0.484. The van der Waals surface area contributed by atoms with Crippen molar-refractivity contribution >= 4 is 12.2 Å². The maximum atomic E-state index is 9.98. The van der Waals surface area contributed by atoms with Gasteiger partial charge in [-0.2, -0.15) is 4.68 Å². The molecule has 112 valence electrons. The Balaban J connectivity index is 1.94. The lowest BCUT2D eigenvalue weighted by Crippen LogP contribution is -2.33. The highest BCUT2D eigenvalue weighted by Crippen LogP contribution is 2.30. The molecule has 1 aliphatic heterocycles. The van der Waals surface area contributed by atoms with Crippen molar-refractivity contribution in [3.05, 3.63) is 35.2 Å². The van der Waals surface area contributed by atoms with E-state index < -0.39 is 31.1 Å². The summed E-state index contributed by atoms with van der Waals surface area (Å²) in [5.41, 5.74) is 0.731. The van der Waals surface area contributed by atoms with Crippen molar-refractivity contribution in [1.82, 2.24) is 9.78 Å². The molecule has 1 aromatic heterocycles. The first-order valence-electron chi connectivity index (χ1n) is 6.39. The zero-order chi connectivity index (χ0) is 15.0.